The number of aromatic nitrogens is 3. The van der Waals surface area contributed by atoms with Crippen LogP contribution in [0.25, 0.3) is 0 Å². The van der Waals surface area contributed by atoms with Crippen LogP contribution in [-0.4, -0.2) is 46.5 Å². The second kappa shape index (κ2) is 9.74. The van der Waals surface area contributed by atoms with Gasteiger partial charge in [0, 0.05) is 11.6 Å². The third-order valence-electron chi connectivity index (χ3n) is 3.97. The van der Waals surface area contributed by atoms with Crippen LogP contribution in [0, 0.1) is 10.1 Å². The Labute approximate surface area is 176 Å². The second-order valence-electron chi connectivity index (χ2n) is 5.79. The summed E-state index contributed by atoms with van der Waals surface area (Å²) < 4.78 is 17.6. The van der Waals surface area contributed by atoms with Gasteiger partial charge in [0.2, 0.25) is 10.9 Å². The molecule has 0 aliphatic rings. The molecule has 11 heteroatoms. The van der Waals surface area contributed by atoms with Crippen LogP contribution < -0.4 is 14.2 Å². The fourth-order valence-corrected chi connectivity index (χ4v) is 3.04. The minimum Gasteiger partial charge on any atom is -0.493 e. The van der Waals surface area contributed by atoms with E-state index in [1.807, 2.05) is 36.6 Å². The zero-order chi connectivity index (χ0) is 21.5. The van der Waals surface area contributed by atoms with Gasteiger partial charge in [-0.2, -0.15) is 9.78 Å². The molecule has 0 radical (unpaired) electrons. The second-order valence-corrected chi connectivity index (χ2v) is 6.57. The monoisotopic (exact) mass is 429 g/mol. The van der Waals surface area contributed by atoms with Crippen molar-refractivity contribution in [2.75, 3.05) is 20.5 Å². The van der Waals surface area contributed by atoms with Gasteiger partial charge in [-0.05, 0) is 24.5 Å². The number of rotatable bonds is 9. The summed E-state index contributed by atoms with van der Waals surface area (Å²) in [6.45, 7) is 0.154. The SMILES string of the molecule is COc1cc(/C=N\n2c(COc3ccccc3)nnc2SC)cc([N+](=O)[O-])c1OC. The molecule has 0 bridgehead atoms. The van der Waals surface area contributed by atoms with E-state index in [0.717, 1.165) is 0 Å². The molecule has 1 heterocycles. The molecule has 3 aromatic rings. The van der Waals surface area contributed by atoms with E-state index in [2.05, 4.69) is 15.3 Å². The number of hydrogen-bond donors (Lipinski definition) is 0. The molecule has 30 heavy (non-hydrogen) atoms. The maximum atomic E-state index is 11.4. The van der Waals surface area contributed by atoms with Crippen molar-refractivity contribution in [1.82, 2.24) is 14.9 Å². The average molecular weight is 429 g/mol. The summed E-state index contributed by atoms with van der Waals surface area (Å²) in [5, 5.41) is 24.6. The largest absolute Gasteiger partial charge is 0.493 e. The number of methoxy groups -OCH3 is 2. The highest BCUT2D eigenvalue weighted by molar-refractivity contribution is 7.98. The Bertz CT molecular complexity index is 1050. The molecule has 0 unspecified atom stereocenters. The predicted octanol–water partition coefficient (Wildman–Crippen LogP) is 3.39. The maximum Gasteiger partial charge on any atom is 0.315 e. The summed E-state index contributed by atoms with van der Waals surface area (Å²) in [6, 6.07) is 12.3. The lowest BCUT2D eigenvalue weighted by molar-refractivity contribution is -0.385. The van der Waals surface area contributed by atoms with Crippen molar-refractivity contribution in [3.8, 4) is 17.2 Å². The van der Waals surface area contributed by atoms with E-state index in [4.69, 9.17) is 14.2 Å². The van der Waals surface area contributed by atoms with Gasteiger partial charge in [-0.1, -0.05) is 30.0 Å². The van der Waals surface area contributed by atoms with Crippen LogP contribution in [0.3, 0.4) is 0 Å². The van der Waals surface area contributed by atoms with E-state index in [1.165, 1.54) is 42.9 Å². The zero-order valence-corrected chi connectivity index (χ0v) is 17.3. The molecule has 0 amide bonds. The van der Waals surface area contributed by atoms with Gasteiger partial charge in [0.05, 0.1) is 25.4 Å². The highest BCUT2D eigenvalue weighted by Gasteiger charge is 2.21. The first-order valence-corrected chi connectivity index (χ1v) is 9.90. The van der Waals surface area contributed by atoms with Gasteiger partial charge in [-0.15, -0.1) is 10.2 Å². The van der Waals surface area contributed by atoms with Gasteiger partial charge in [-0.25, -0.2) is 0 Å². The minimum absolute atomic E-state index is 0.0469. The molecule has 3 rings (SSSR count). The van der Waals surface area contributed by atoms with Gasteiger partial charge in [-0.3, -0.25) is 10.1 Å². The van der Waals surface area contributed by atoms with E-state index in [1.54, 1.807) is 6.07 Å². The van der Waals surface area contributed by atoms with Crippen molar-refractivity contribution in [2.45, 2.75) is 11.8 Å². The fraction of sp³-hybridized carbons (Fsp3) is 0.211. The number of para-hydroxylation sites is 1. The van der Waals surface area contributed by atoms with E-state index in [0.29, 0.717) is 22.3 Å². The van der Waals surface area contributed by atoms with Crippen LogP contribution in [0.2, 0.25) is 0 Å². The Morgan fingerprint density at radius 1 is 1.20 bits per heavy atom. The van der Waals surface area contributed by atoms with E-state index in [9.17, 15) is 10.1 Å². The van der Waals surface area contributed by atoms with E-state index < -0.39 is 4.92 Å². The smallest absolute Gasteiger partial charge is 0.315 e. The quantitative estimate of drug-likeness (QED) is 0.220. The molecule has 2 aromatic carbocycles. The number of hydrogen-bond acceptors (Lipinski definition) is 9. The van der Waals surface area contributed by atoms with Gasteiger partial charge in [0.25, 0.3) is 0 Å². The Morgan fingerprint density at radius 3 is 2.60 bits per heavy atom. The first kappa shape index (κ1) is 21.1. The molecule has 0 N–H and O–H groups in total. The predicted molar refractivity (Wildman–Crippen MR) is 112 cm³/mol. The third kappa shape index (κ3) is 4.69. The number of thioether (sulfide) groups is 1. The van der Waals surface area contributed by atoms with Gasteiger partial charge in [0.15, 0.2) is 11.6 Å². The summed E-state index contributed by atoms with van der Waals surface area (Å²) in [5.41, 5.74) is 0.231. The molecule has 0 spiro atoms. The maximum absolute atomic E-state index is 11.4. The molecule has 0 aliphatic carbocycles. The average Bonchev–Trinajstić information content (AvgIpc) is 3.17. The molecule has 10 nitrogen and oxygen atoms in total. The van der Waals surface area contributed by atoms with Crippen LogP contribution >= 0.6 is 11.8 Å². The third-order valence-corrected chi connectivity index (χ3v) is 4.59. The molecule has 156 valence electrons. The van der Waals surface area contributed by atoms with Gasteiger partial charge >= 0.3 is 5.69 Å². The van der Waals surface area contributed by atoms with Gasteiger partial charge in [0.1, 0.15) is 12.4 Å². The number of nitrogens with zero attached hydrogens (tertiary/aromatic N) is 5. The molecule has 0 saturated carbocycles. The van der Waals surface area contributed by atoms with Crippen LogP contribution in [0.5, 0.6) is 17.2 Å². The number of benzene rings is 2. The lowest BCUT2D eigenvalue weighted by atomic mass is 10.2. The Morgan fingerprint density at radius 2 is 1.97 bits per heavy atom. The summed E-state index contributed by atoms with van der Waals surface area (Å²) in [6.07, 6.45) is 3.31. The summed E-state index contributed by atoms with van der Waals surface area (Å²) in [7, 11) is 2.76. The standard InChI is InChI=1S/C19H19N5O5S/c1-27-16-10-13(9-15(24(25)26)18(16)28-2)11-20-23-17(21-22-19(23)30-3)12-29-14-7-5-4-6-8-14/h4-11H,12H2,1-3H3/b20-11-. The Balaban J connectivity index is 1.91. The molecular formula is C19H19N5O5S. The van der Waals surface area contributed by atoms with Crippen molar-refractivity contribution >= 4 is 23.7 Å². The van der Waals surface area contributed by atoms with Crippen LogP contribution in [0.15, 0.2) is 52.7 Å². The Kier molecular flexibility index (Phi) is 6.86. The topological polar surface area (TPSA) is 114 Å². The van der Waals surface area contributed by atoms with E-state index in [-0.39, 0.29) is 23.8 Å². The highest BCUT2D eigenvalue weighted by Crippen LogP contribution is 2.37. The first-order valence-electron chi connectivity index (χ1n) is 8.68. The fourth-order valence-electron chi connectivity index (χ4n) is 2.59. The normalized spacial score (nSPS) is 10.9. The van der Waals surface area contributed by atoms with Crippen molar-refractivity contribution in [3.05, 3.63) is 64.0 Å². The molecule has 0 atom stereocenters. The molecule has 1 aromatic heterocycles. The summed E-state index contributed by atoms with van der Waals surface area (Å²) >= 11 is 1.36. The van der Waals surface area contributed by atoms with Crippen molar-refractivity contribution in [1.29, 1.82) is 0 Å². The molecule has 0 saturated heterocycles. The number of nitro groups is 1. The minimum atomic E-state index is -0.538. The lowest BCUT2D eigenvalue weighted by Gasteiger charge is -2.09. The highest BCUT2D eigenvalue weighted by atomic mass is 32.2. The summed E-state index contributed by atoms with van der Waals surface area (Å²) in [4.78, 5) is 10.9. The van der Waals surface area contributed by atoms with Crippen molar-refractivity contribution in [3.63, 3.8) is 0 Å². The number of nitro benzene ring substituents is 1. The van der Waals surface area contributed by atoms with Crippen LogP contribution in [0.1, 0.15) is 11.4 Å². The molecular weight excluding hydrogens is 410 g/mol. The molecule has 0 aliphatic heterocycles. The first-order chi connectivity index (χ1) is 14.6. The van der Waals surface area contributed by atoms with Crippen LogP contribution in [-0.2, 0) is 6.61 Å². The van der Waals surface area contributed by atoms with Crippen molar-refractivity contribution in [2.24, 2.45) is 5.10 Å². The van der Waals surface area contributed by atoms with Gasteiger partial charge < -0.3 is 14.2 Å². The van der Waals surface area contributed by atoms with E-state index >= 15 is 0 Å². The van der Waals surface area contributed by atoms with Crippen LogP contribution in [0.4, 0.5) is 5.69 Å². The summed E-state index contributed by atoms with van der Waals surface area (Å²) in [5.74, 6) is 1.45. The number of ether oxygens (including phenoxy) is 3. The molecule has 0 fully saturated rings. The lowest BCUT2D eigenvalue weighted by Crippen LogP contribution is -2.05. The zero-order valence-electron chi connectivity index (χ0n) is 16.5. The van der Waals surface area contributed by atoms with Crippen molar-refractivity contribution < 1.29 is 19.1 Å². The Hall–Kier alpha value is -3.60.